The van der Waals surface area contributed by atoms with Crippen LogP contribution in [0.1, 0.15) is 30.7 Å². The molecule has 2 rings (SSSR count). The molecule has 128 valence electrons. The van der Waals surface area contributed by atoms with E-state index in [0.717, 1.165) is 10.2 Å². The molecule has 0 atom stereocenters. The maximum absolute atomic E-state index is 12.5. The topological polar surface area (TPSA) is 79.5 Å². The number of hydrogen-bond acceptors (Lipinski definition) is 5. The van der Waals surface area contributed by atoms with Gasteiger partial charge in [-0.2, -0.15) is 4.68 Å². The van der Waals surface area contributed by atoms with Crippen molar-refractivity contribution >= 4 is 12.2 Å². The Bertz CT molecular complexity index is 789. The molecule has 0 bridgehead atoms. The number of nitrogens with zero attached hydrogens (tertiary/aromatic N) is 2. The smallest absolute Gasteiger partial charge is 0.436 e. The van der Waals surface area contributed by atoms with Crippen molar-refractivity contribution in [1.82, 2.24) is 9.36 Å². The summed E-state index contributed by atoms with van der Waals surface area (Å²) in [6, 6.07) is 9.35. The van der Waals surface area contributed by atoms with Crippen LogP contribution in [0.5, 0.6) is 0 Å². The van der Waals surface area contributed by atoms with Crippen LogP contribution in [0.4, 0.5) is 9.59 Å². The minimum Gasteiger partial charge on any atom is -0.448 e. The fraction of sp³-hybridized carbons (Fsp3) is 0.353. The molecule has 1 aromatic heterocycles. The Balaban J connectivity index is 2.60. The third kappa shape index (κ3) is 3.40. The normalized spacial score (nSPS) is 10.5. The van der Waals surface area contributed by atoms with Crippen LogP contribution in [-0.4, -0.2) is 34.8 Å². The summed E-state index contributed by atoms with van der Waals surface area (Å²) >= 11 is 0. The molecule has 0 radical (unpaired) electrons. The lowest BCUT2D eigenvalue weighted by Gasteiger charge is -2.12. The Labute approximate surface area is 139 Å². The van der Waals surface area contributed by atoms with Crippen LogP contribution in [-0.2, 0) is 15.9 Å². The number of rotatable bonds is 4. The number of hydrogen-bond donors (Lipinski definition) is 0. The summed E-state index contributed by atoms with van der Waals surface area (Å²) in [5, 5.41) is 0. The average Bonchev–Trinajstić information content (AvgIpc) is 2.81. The van der Waals surface area contributed by atoms with Gasteiger partial charge in [-0.1, -0.05) is 30.3 Å². The summed E-state index contributed by atoms with van der Waals surface area (Å²) in [5.74, 6) is 0. The Morgan fingerprint density at radius 3 is 2.04 bits per heavy atom. The monoisotopic (exact) mass is 332 g/mol. The summed E-state index contributed by atoms with van der Waals surface area (Å²) in [4.78, 5) is 36.9. The predicted octanol–water partition coefficient (Wildman–Crippen LogP) is 2.56. The highest BCUT2D eigenvalue weighted by Crippen LogP contribution is 2.14. The molecule has 0 unspecified atom stereocenters. The molecule has 7 nitrogen and oxygen atoms in total. The van der Waals surface area contributed by atoms with Gasteiger partial charge >= 0.3 is 12.2 Å². The molecule has 7 heteroatoms. The van der Waals surface area contributed by atoms with Gasteiger partial charge < -0.3 is 9.47 Å². The standard InChI is InChI=1S/C17H20N2O5/c1-4-23-16(21)18-14(11-13-9-7-6-8-10-13)12(3)15(20)19(18)17(22)24-5-2/h6-10H,4-5,11H2,1-3H3. The fourth-order valence-corrected chi connectivity index (χ4v) is 2.37. The number of benzene rings is 1. The van der Waals surface area contributed by atoms with Gasteiger partial charge in [-0.15, -0.1) is 4.68 Å². The molecule has 1 heterocycles. The van der Waals surface area contributed by atoms with Crippen LogP contribution in [0.3, 0.4) is 0 Å². The van der Waals surface area contributed by atoms with Gasteiger partial charge in [0.1, 0.15) is 0 Å². The number of ether oxygens (including phenoxy) is 2. The van der Waals surface area contributed by atoms with E-state index in [1.54, 1.807) is 20.8 Å². The van der Waals surface area contributed by atoms with E-state index in [2.05, 4.69) is 0 Å². The van der Waals surface area contributed by atoms with Crippen LogP contribution >= 0.6 is 0 Å². The molecular weight excluding hydrogens is 312 g/mol. The van der Waals surface area contributed by atoms with Crippen molar-refractivity contribution in [1.29, 1.82) is 0 Å². The molecule has 24 heavy (non-hydrogen) atoms. The lowest BCUT2D eigenvalue weighted by molar-refractivity contribution is 0.128. The van der Waals surface area contributed by atoms with Gasteiger partial charge in [0.25, 0.3) is 5.56 Å². The summed E-state index contributed by atoms with van der Waals surface area (Å²) in [6.45, 7) is 5.06. The maximum atomic E-state index is 12.5. The molecule has 0 spiro atoms. The second kappa shape index (κ2) is 7.63. The van der Waals surface area contributed by atoms with Gasteiger partial charge in [0, 0.05) is 12.0 Å². The van der Waals surface area contributed by atoms with E-state index in [9.17, 15) is 14.4 Å². The number of carbonyl (C=O) groups is 2. The SMILES string of the molecule is CCOC(=O)n1c(Cc2ccccc2)c(C)c(=O)n1C(=O)OCC. The van der Waals surface area contributed by atoms with Crippen LogP contribution in [0.2, 0.25) is 0 Å². The first-order chi connectivity index (χ1) is 11.5. The zero-order valence-electron chi connectivity index (χ0n) is 13.9. The third-order valence-electron chi connectivity index (χ3n) is 3.50. The van der Waals surface area contributed by atoms with Crippen LogP contribution < -0.4 is 5.56 Å². The summed E-state index contributed by atoms with van der Waals surface area (Å²) in [6.07, 6.45) is -1.38. The molecular formula is C17H20N2O5. The van der Waals surface area contributed by atoms with Gasteiger partial charge in [-0.25, -0.2) is 9.59 Å². The second-order valence-electron chi connectivity index (χ2n) is 5.06. The van der Waals surface area contributed by atoms with Crippen molar-refractivity contribution in [2.75, 3.05) is 13.2 Å². The highest BCUT2D eigenvalue weighted by atomic mass is 16.6. The van der Waals surface area contributed by atoms with E-state index in [1.807, 2.05) is 30.3 Å². The van der Waals surface area contributed by atoms with Crippen molar-refractivity contribution in [3.63, 3.8) is 0 Å². The summed E-state index contributed by atoms with van der Waals surface area (Å²) in [7, 11) is 0. The Morgan fingerprint density at radius 2 is 1.50 bits per heavy atom. The lowest BCUT2D eigenvalue weighted by atomic mass is 10.1. The minimum atomic E-state index is -0.905. The van der Waals surface area contributed by atoms with E-state index >= 15 is 0 Å². The fourth-order valence-electron chi connectivity index (χ4n) is 2.37. The Morgan fingerprint density at radius 1 is 0.958 bits per heavy atom. The quantitative estimate of drug-likeness (QED) is 0.859. The minimum absolute atomic E-state index is 0.0896. The largest absolute Gasteiger partial charge is 0.448 e. The molecule has 2 aromatic rings. The van der Waals surface area contributed by atoms with E-state index in [4.69, 9.17) is 9.47 Å². The van der Waals surface area contributed by atoms with Crippen LogP contribution in [0.15, 0.2) is 35.1 Å². The number of aromatic nitrogens is 2. The lowest BCUT2D eigenvalue weighted by Crippen LogP contribution is -2.35. The molecule has 0 saturated heterocycles. The van der Waals surface area contributed by atoms with Crippen LogP contribution in [0.25, 0.3) is 0 Å². The Hall–Kier alpha value is -2.83. The molecule has 0 aliphatic heterocycles. The zero-order valence-corrected chi connectivity index (χ0v) is 13.9. The summed E-state index contributed by atoms with van der Waals surface area (Å²) < 4.78 is 11.5. The first-order valence-electron chi connectivity index (χ1n) is 7.72. The van der Waals surface area contributed by atoms with Gasteiger partial charge in [0.05, 0.1) is 18.9 Å². The third-order valence-corrected chi connectivity index (χ3v) is 3.50. The van der Waals surface area contributed by atoms with E-state index < -0.39 is 17.7 Å². The second-order valence-corrected chi connectivity index (χ2v) is 5.06. The molecule has 0 amide bonds. The highest BCUT2D eigenvalue weighted by Gasteiger charge is 2.27. The molecule has 0 aliphatic rings. The van der Waals surface area contributed by atoms with Crippen molar-refractivity contribution < 1.29 is 19.1 Å². The molecule has 0 aliphatic carbocycles. The van der Waals surface area contributed by atoms with Crippen molar-refractivity contribution in [3.8, 4) is 0 Å². The molecule has 0 N–H and O–H groups in total. The number of carbonyl (C=O) groups excluding carboxylic acids is 2. The van der Waals surface area contributed by atoms with E-state index in [0.29, 0.717) is 22.4 Å². The van der Waals surface area contributed by atoms with Crippen molar-refractivity contribution in [3.05, 3.63) is 57.5 Å². The Kier molecular flexibility index (Phi) is 5.57. The highest BCUT2D eigenvalue weighted by molar-refractivity contribution is 5.78. The molecule has 0 fully saturated rings. The first kappa shape index (κ1) is 17.5. The van der Waals surface area contributed by atoms with Crippen LogP contribution in [0, 0.1) is 6.92 Å². The zero-order chi connectivity index (χ0) is 17.7. The van der Waals surface area contributed by atoms with Crippen molar-refractivity contribution in [2.24, 2.45) is 0 Å². The van der Waals surface area contributed by atoms with Gasteiger partial charge in [-0.05, 0) is 26.3 Å². The van der Waals surface area contributed by atoms with Gasteiger partial charge in [0.15, 0.2) is 0 Å². The maximum Gasteiger partial charge on any atom is 0.436 e. The molecule has 0 saturated carbocycles. The predicted molar refractivity (Wildman–Crippen MR) is 87.5 cm³/mol. The van der Waals surface area contributed by atoms with Gasteiger partial charge in [-0.3, -0.25) is 4.79 Å². The average molecular weight is 332 g/mol. The molecule has 1 aromatic carbocycles. The van der Waals surface area contributed by atoms with Gasteiger partial charge in [0.2, 0.25) is 0 Å². The van der Waals surface area contributed by atoms with E-state index in [-0.39, 0.29) is 13.2 Å². The first-order valence-corrected chi connectivity index (χ1v) is 7.72. The van der Waals surface area contributed by atoms with E-state index in [1.165, 1.54) is 0 Å². The summed E-state index contributed by atoms with van der Waals surface area (Å²) in [5.41, 5.74) is 1.02. The van der Waals surface area contributed by atoms with Crippen molar-refractivity contribution in [2.45, 2.75) is 27.2 Å².